The fourth-order valence-electron chi connectivity index (χ4n) is 3.56. The van der Waals surface area contributed by atoms with Crippen LogP contribution in [0.2, 0.25) is 0 Å². The summed E-state index contributed by atoms with van der Waals surface area (Å²) < 4.78 is 5.51. The molecule has 130 valence electrons. The molecule has 3 nitrogen and oxygen atoms in total. The van der Waals surface area contributed by atoms with E-state index in [1.54, 1.807) is 0 Å². The summed E-state index contributed by atoms with van der Waals surface area (Å²) in [5, 5.41) is 0. The third-order valence-electron chi connectivity index (χ3n) is 4.76. The Morgan fingerprint density at radius 3 is 2.31 bits per heavy atom. The first-order chi connectivity index (χ1) is 12.8. The van der Waals surface area contributed by atoms with E-state index in [-0.39, 0.29) is 11.8 Å². The van der Waals surface area contributed by atoms with Gasteiger partial charge in [-0.2, -0.15) is 0 Å². The first kappa shape index (κ1) is 16.4. The van der Waals surface area contributed by atoms with Crippen molar-refractivity contribution in [2.45, 2.75) is 19.3 Å². The Morgan fingerprint density at radius 1 is 0.885 bits per heavy atom. The molecule has 1 amide bonds. The molecule has 26 heavy (non-hydrogen) atoms. The van der Waals surface area contributed by atoms with Gasteiger partial charge in [0.15, 0.2) is 0 Å². The lowest BCUT2D eigenvalue weighted by atomic mass is 9.93. The van der Waals surface area contributed by atoms with Crippen molar-refractivity contribution in [1.82, 2.24) is 0 Å². The van der Waals surface area contributed by atoms with E-state index >= 15 is 0 Å². The van der Waals surface area contributed by atoms with Crippen LogP contribution in [-0.4, -0.2) is 12.5 Å². The molecule has 1 heterocycles. The summed E-state index contributed by atoms with van der Waals surface area (Å²) in [6.07, 6.45) is 0.686. The van der Waals surface area contributed by atoms with Gasteiger partial charge >= 0.3 is 0 Å². The third kappa shape index (κ3) is 2.97. The Labute approximate surface area is 153 Å². The van der Waals surface area contributed by atoms with Gasteiger partial charge in [-0.3, -0.25) is 9.69 Å². The zero-order valence-electron chi connectivity index (χ0n) is 14.8. The first-order valence-corrected chi connectivity index (χ1v) is 8.97. The first-order valence-electron chi connectivity index (χ1n) is 8.97. The number of amides is 1. The molecule has 3 heteroatoms. The predicted octanol–water partition coefficient (Wildman–Crippen LogP) is 5.09. The van der Waals surface area contributed by atoms with E-state index in [0.29, 0.717) is 13.0 Å². The van der Waals surface area contributed by atoms with Crippen LogP contribution < -0.4 is 9.64 Å². The minimum Gasteiger partial charge on any atom is -0.494 e. The lowest BCUT2D eigenvalue weighted by Crippen LogP contribution is -2.24. The Kier molecular flexibility index (Phi) is 4.44. The number of para-hydroxylation sites is 2. The van der Waals surface area contributed by atoms with Gasteiger partial charge < -0.3 is 4.74 Å². The second-order valence-corrected chi connectivity index (χ2v) is 6.40. The maximum atomic E-state index is 13.2. The van der Waals surface area contributed by atoms with Crippen LogP contribution in [0, 0.1) is 0 Å². The second kappa shape index (κ2) is 7.04. The van der Waals surface area contributed by atoms with Gasteiger partial charge in [-0.25, -0.2) is 0 Å². The number of hydrogen-bond donors (Lipinski definition) is 0. The average molecular weight is 343 g/mol. The fraction of sp³-hybridized carbons (Fsp3) is 0.174. The van der Waals surface area contributed by atoms with E-state index in [0.717, 1.165) is 28.3 Å². The van der Waals surface area contributed by atoms with Gasteiger partial charge in [-0.15, -0.1) is 0 Å². The smallest absolute Gasteiger partial charge is 0.239 e. The van der Waals surface area contributed by atoms with Crippen LogP contribution in [0.3, 0.4) is 0 Å². The molecule has 1 atom stereocenters. The van der Waals surface area contributed by atoms with E-state index in [4.69, 9.17) is 4.74 Å². The summed E-state index contributed by atoms with van der Waals surface area (Å²) in [5.41, 5.74) is 4.13. The topological polar surface area (TPSA) is 29.5 Å². The molecule has 0 aliphatic carbocycles. The summed E-state index contributed by atoms with van der Waals surface area (Å²) in [6, 6.07) is 26.0. The highest BCUT2D eigenvalue weighted by Crippen LogP contribution is 2.43. The summed E-state index contributed by atoms with van der Waals surface area (Å²) in [6.45, 7) is 2.63. The highest BCUT2D eigenvalue weighted by Gasteiger charge is 2.37. The van der Waals surface area contributed by atoms with Crippen LogP contribution in [0.25, 0.3) is 0 Å². The molecule has 0 aromatic heterocycles. The van der Waals surface area contributed by atoms with E-state index in [2.05, 4.69) is 6.07 Å². The van der Waals surface area contributed by atoms with Crippen LogP contribution in [0.15, 0.2) is 78.9 Å². The Morgan fingerprint density at radius 2 is 1.58 bits per heavy atom. The van der Waals surface area contributed by atoms with Crippen LogP contribution in [0.1, 0.15) is 24.0 Å². The number of benzene rings is 3. The largest absolute Gasteiger partial charge is 0.494 e. The van der Waals surface area contributed by atoms with E-state index < -0.39 is 0 Å². The number of anilines is 2. The standard InChI is InChI=1S/C23H21NO2/c1-2-26-19-14-12-17(13-15-19)16-21-20-10-6-7-11-22(20)24(23(21)25)18-8-4-3-5-9-18/h3-15,21H,2,16H2,1H3. The molecule has 0 N–H and O–H groups in total. The molecule has 1 aliphatic heterocycles. The predicted molar refractivity (Wildman–Crippen MR) is 104 cm³/mol. The van der Waals surface area contributed by atoms with Crippen LogP contribution >= 0.6 is 0 Å². The summed E-state index contributed by atoms with van der Waals surface area (Å²) in [4.78, 5) is 15.1. The number of ether oxygens (including phenoxy) is 1. The zero-order chi connectivity index (χ0) is 17.9. The minimum atomic E-state index is -0.163. The molecule has 3 aromatic carbocycles. The van der Waals surface area contributed by atoms with Crippen LogP contribution in [0.4, 0.5) is 11.4 Å². The number of nitrogens with zero attached hydrogens (tertiary/aromatic N) is 1. The number of rotatable bonds is 5. The number of hydrogen-bond acceptors (Lipinski definition) is 2. The van der Waals surface area contributed by atoms with Crippen LogP contribution in [0.5, 0.6) is 5.75 Å². The van der Waals surface area contributed by atoms with Gasteiger partial charge in [0.05, 0.1) is 18.2 Å². The lowest BCUT2D eigenvalue weighted by Gasteiger charge is -2.18. The number of fused-ring (bicyclic) bond motifs is 1. The van der Waals surface area contributed by atoms with Gasteiger partial charge in [-0.05, 0) is 54.8 Å². The lowest BCUT2D eigenvalue weighted by molar-refractivity contribution is -0.118. The third-order valence-corrected chi connectivity index (χ3v) is 4.76. The van der Waals surface area contributed by atoms with Crippen molar-refractivity contribution in [1.29, 1.82) is 0 Å². The van der Waals surface area contributed by atoms with Gasteiger partial charge in [-0.1, -0.05) is 48.5 Å². The molecular weight excluding hydrogens is 322 g/mol. The zero-order valence-corrected chi connectivity index (χ0v) is 14.8. The van der Waals surface area contributed by atoms with Gasteiger partial charge in [0.25, 0.3) is 0 Å². The van der Waals surface area contributed by atoms with Crippen molar-refractivity contribution in [3.63, 3.8) is 0 Å². The van der Waals surface area contributed by atoms with E-state index in [1.165, 1.54) is 0 Å². The molecule has 0 fully saturated rings. The number of carbonyl (C=O) groups excluding carboxylic acids is 1. The monoisotopic (exact) mass is 343 g/mol. The minimum absolute atomic E-state index is 0.131. The Bertz CT molecular complexity index is 903. The average Bonchev–Trinajstić information content (AvgIpc) is 2.96. The maximum absolute atomic E-state index is 13.2. The Balaban J connectivity index is 1.65. The van der Waals surface area contributed by atoms with Crippen molar-refractivity contribution in [2.24, 2.45) is 0 Å². The van der Waals surface area contributed by atoms with Gasteiger partial charge in [0, 0.05) is 5.69 Å². The molecule has 0 saturated heterocycles. The van der Waals surface area contributed by atoms with Crippen molar-refractivity contribution in [2.75, 3.05) is 11.5 Å². The summed E-state index contributed by atoms with van der Waals surface area (Å²) >= 11 is 0. The quantitative estimate of drug-likeness (QED) is 0.646. The molecule has 3 aromatic rings. The van der Waals surface area contributed by atoms with Gasteiger partial charge in [0.1, 0.15) is 5.75 Å². The normalized spacial score (nSPS) is 15.8. The molecule has 4 rings (SSSR count). The fourth-order valence-corrected chi connectivity index (χ4v) is 3.56. The van der Waals surface area contributed by atoms with Crippen molar-refractivity contribution >= 4 is 17.3 Å². The highest BCUT2D eigenvalue weighted by atomic mass is 16.5. The summed E-state index contributed by atoms with van der Waals surface area (Å²) in [5.74, 6) is 0.830. The molecule has 0 saturated carbocycles. The molecule has 1 unspecified atom stereocenters. The molecule has 0 spiro atoms. The van der Waals surface area contributed by atoms with Crippen molar-refractivity contribution in [3.8, 4) is 5.75 Å². The van der Waals surface area contributed by atoms with Crippen molar-refractivity contribution in [3.05, 3.63) is 90.0 Å². The van der Waals surface area contributed by atoms with Crippen molar-refractivity contribution < 1.29 is 9.53 Å². The van der Waals surface area contributed by atoms with E-state index in [1.807, 2.05) is 84.6 Å². The maximum Gasteiger partial charge on any atom is 0.239 e. The molecule has 1 aliphatic rings. The molecule has 0 radical (unpaired) electrons. The molecule has 0 bridgehead atoms. The SMILES string of the molecule is CCOc1ccc(CC2C(=O)N(c3ccccc3)c3ccccc32)cc1. The molecular formula is C23H21NO2. The second-order valence-electron chi connectivity index (χ2n) is 6.40. The number of carbonyl (C=O) groups is 1. The highest BCUT2D eigenvalue weighted by molar-refractivity contribution is 6.10. The Hall–Kier alpha value is -3.07. The summed E-state index contributed by atoms with van der Waals surface area (Å²) in [7, 11) is 0. The van der Waals surface area contributed by atoms with Gasteiger partial charge in [0.2, 0.25) is 5.91 Å². The van der Waals surface area contributed by atoms with Crippen LogP contribution in [-0.2, 0) is 11.2 Å². The van der Waals surface area contributed by atoms with E-state index in [9.17, 15) is 4.79 Å².